The Bertz CT molecular complexity index is 478. The number of rotatable bonds is 2. The number of hydrogen-bond acceptors (Lipinski definition) is 1. The van der Waals surface area contributed by atoms with Gasteiger partial charge in [-0.1, -0.05) is 30.3 Å². The molecule has 0 atom stereocenters. The zero-order valence-electron chi connectivity index (χ0n) is 9.57. The van der Waals surface area contributed by atoms with Crippen molar-refractivity contribution >= 4 is 11.9 Å². The SMILES string of the molecule is Cc1c[c]cc(C)c1/N=C/c1ccccc1. The second-order valence-electron chi connectivity index (χ2n) is 3.84. The van der Waals surface area contributed by atoms with Gasteiger partial charge in [-0.15, -0.1) is 0 Å². The summed E-state index contributed by atoms with van der Waals surface area (Å²) >= 11 is 0. The van der Waals surface area contributed by atoms with E-state index in [0.29, 0.717) is 0 Å². The molecule has 0 spiro atoms. The number of aryl methyl sites for hydroxylation is 2. The first-order valence-electron chi connectivity index (χ1n) is 5.34. The molecule has 0 heterocycles. The van der Waals surface area contributed by atoms with Gasteiger partial charge in [0.15, 0.2) is 0 Å². The Morgan fingerprint density at radius 2 is 1.62 bits per heavy atom. The molecule has 0 saturated carbocycles. The summed E-state index contributed by atoms with van der Waals surface area (Å²) in [5.41, 5.74) is 4.48. The first kappa shape index (κ1) is 10.6. The molecule has 1 heteroatoms. The third kappa shape index (κ3) is 2.37. The van der Waals surface area contributed by atoms with Crippen LogP contribution in [0.4, 0.5) is 5.69 Å². The van der Waals surface area contributed by atoms with Gasteiger partial charge in [0.2, 0.25) is 0 Å². The minimum atomic E-state index is 1.04. The van der Waals surface area contributed by atoms with E-state index < -0.39 is 0 Å². The van der Waals surface area contributed by atoms with Crippen LogP contribution < -0.4 is 0 Å². The molecule has 2 aromatic carbocycles. The van der Waals surface area contributed by atoms with E-state index in [9.17, 15) is 0 Å². The van der Waals surface area contributed by atoms with Gasteiger partial charge in [-0.05, 0) is 48.7 Å². The molecule has 0 unspecified atom stereocenters. The molecule has 0 aliphatic heterocycles. The number of benzene rings is 2. The second-order valence-corrected chi connectivity index (χ2v) is 3.84. The summed E-state index contributed by atoms with van der Waals surface area (Å²) in [4.78, 5) is 4.53. The van der Waals surface area contributed by atoms with Crippen molar-refractivity contribution in [2.24, 2.45) is 4.99 Å². The van der Waals surface area contributed by atoms with Gasteiger partial charge < -0.3 is 0 Å². The van der Waals surface area contributed by atoms with Crippen molar-refractivity contribution in [1.29, 1.82) is 0 Å². The normalized spacial score (nSPS) is 10.9. The van der Waals surface area contributed by atoms with Gasteiger partial charge in [-0.3, -0.25) is 4.99 Å². The lowest BCUT2D eigenvalue weighted by Gasteiger charge is -2.02. The first-order chi connectivity index (χ1) is 7.77. The van der Waals surface area contributed by atoms with Crippen LogP contribution >= 0.6 is 0 Å². The lowest BCUT2D eigenvalue weighted by atomic mass is 10.1. The molecule has 0 aliphatic carbocycles. The highest BCUT2D eigenvalue weighted by molar-refractivity contribution is 5.82. The summed E-state index contributed by atoms with van der Waals surface area (Å²) in [5.74, 6) is 0. The van der Waals surface area contributed by atoms with E-state index in [2.05, 4.69) is 24.9 Å². The Hall–Kier alpha value is -1.89. The Labute approximate surface area is 96.5 Å². The lowest BCUT2D eigenvalue weighted by Crippen LogP contribution is -1.83. The summed E-state index contributed by atoms with van der Waals surface area (Å²) in [7, 11) is 0. The molecule has 0 N–H and O–H groups in total. The molecule has 0 fully saturated rings. The maximum Gasteiger partial charge on any atom is 0.0688 e. The third-order valence-electron chi connectivity index (χ3n) is 2.49. The van der Waals surface area contributed by atoms with Crippen LogP contribution in [0.5, 0.6) is 0 Å². The molecule has 1 nitrogen and oxygen atoms in total. The molecule has 16 heavy (non-hydrogen) atoms. The average molecular weight is 208 g/mol. The molecule has 0 bridgehead atoms. The fourth-order valence-corrected chi connectivity index (χ4v) is 1.62. The molecule has 2 rings (SSSR count). The van der Waals surface area contributed by atoms with Crippen LogP contribution in [0.2, 0.25) is 0 Å². The molecule has 79 valence electrons. The van der Waals surface area contributed by atoms with Crippen LogP contribution in [0.15, 0.2) is 47.5 Å². The molecule has 0 aromatic heterocycles. The van der Waals surface area contributed by atoms with Crippen LogP contribution in [-0.2, 0) is 0 Å². The summed E-state index contributed by atoms with van der Waals surface area (Å²) in [6, 6.07) is 17.1. The van der Waals surface area contributed by atoms with Crippen molar-refractivity contribution < 1.29 is 0 Å². The van der Waals surface area contributed by atoms with Crippen LogP contribution in [0.3, 0.4) is 0 Å². The van der Waals surface area contributed by atoms with Gasteiger partial charge in [0.25, 0.3) is 0 Å². The molecule has 1 radical (unpaired) electrons. The minimum Gasteiger partial charge on any atom is -0.256 e. The maximum absolute atomic E-state index is 4.53. The molecule has 0 aliphatic rings. The summed E-state index contributed by atoms with van der Waals surface area (Å²) in [6.07, 6.45) is 1.90. The van der Waals surface area contributed by atoms with E-state index in [-0.39, 0.29) is 0 Å². The van der Waals surface area contributed by atoms with E-state index in [1.807, 2.05) is 48.7 Å². The monoisotopic (exact) mass is 208 g/mol. The van der Waals surface area contributed by atoms with E-state index >= 15 is 0 Å². The van der Waals surface area contributed by atoms with E-state index in [4.69, 9.17) is 0 Å². The van der Waals surface area contributed by atoms with Gasteiger partial charge in [0.1, 0.15) is 0 Å². The van der Waals surface area contributed by atoms with Crippen molar-refractivity contribution in [2.75, 3.05) is 0 Å². The molecule has 0 amide bonds. The number of nitrogens with zero attached hydrogens (tertiary/aromatic N) is 1. The van der Waals surface area contributed by atoms with Gasteiger partial charge in [-0.25, -0.2) is 0 Å². The van der Waals surface area contributed by atoms with Gasteiger partial charge in [0.05, 0.1) is 5.69 Å². The van der Waals surface area contributed by atoms with Crippen LogP contribution in [0.25, 0.3) is 0 Å². The highest BCUT2D eigenvalue weighted by Gasteiger charge is 1.98. The maximum atomic E-state index is 4.53. The molecular weight excluding hydrogens is 194 g/mol. The first-order valence-corrected chi connectivity index (χ1v) is 5.34. The third-order valence-corrected chi connectivity index (χ3v) is 2.49. The smallest absolute Gasteiger partial charge is 0.0688 e. The average Bonchev–Trinajstić information content (AvgIpc) is 2.30. The largest absolute Gasteiger partial charge is 0.256 e. The van der Waals surface area contributed by atoms with Gasteiger partial charge in [-0.2, -0.15) is 0 Å². The van der Waals surface area contributed by atoms with Gasteiger partial charge in [0, 0.05) is 6.21 Å². The van der Waals surface area contributed by atoms with Gasteiger partial charge >= 0.3 is 0 Å². The Kier molecular flexibility index (Phi) is 3.16. The van der Waals surface area contributed by atoms with Crippen LogP contribution in [0.1, 0.15) is 16.7 Å². The van der Waals surface area contributed by atoms with Crippen LogP contribution in [0, 0.1) is 19.9 Å². The fraction of sp³-hybridized carbons (Fsp3) is 0.133. The topological polar surface area (TPSA) is 12.4 Å². The highest BCUT2D eigenvalue weighted by atomic mass is 14.7. The minimum absolute atomic E-state index is 1.04. The zero-order valence-corrected chi connectivity index (χ0v) is 9.57. The van der Waals surface area contributed by atoms with E-state index in [1.165, 1.54) is 0 Å². The van der Waals surface area contributed by atoms with Crippen molar-refractivity contribution in [2.45, 2.75) is 13.8 Å². The van der Waals surface area contributed by atoms with Crippen molar-refractivity contribution in [1.82, 2.24) is 0 Å². The predicted molar refractivity (Wildman–Crippen MR) is 68.4 cm³/mol. The van der Waals surface area contributed by atoms with Crippen molar-refractivity contribution in [3.63, 3.8) is 0 Å². The predicted octanol–water partition coefficient (Wildman–Crippen LogP) is 3.85. The van der Waals surface area contributed by atoms with E-state index in [1.54, 1.807) is 0 Å². The molecule has 2 aromatic rings. The Balaban J connectivity index is 2.31. The van der Waals surface area contributed by atoms with Crippen molar-refractivity contribution in [3.8, 4) is 0 Å². The quantitative estimate of drug-likeness (QED) is 0.665. The zero-order chi connectivity index (χ0) is 11.4. The summed E-state index contributed by atoms with van der Waals surface area (Å²) < 4.78 is 0. The Morgan fingerprint density at radius 3 is 2.25 bits per heavy atom. The molecule has 0 saturated heterocycles. The van der Waals surface area contributed by atoms with Crippen LogP contribution in [-0.4, -0.2) is 6.21 Å². The number of aliphatic imine (C=N–C) groups is 1. The van der Waals surface area contributed by atoms with Crippen molar-refractivity contribution in [3.05, 3.63) is 65.2 Å². The molecular formula is C15H14N. The fourth-order valence-electron chi connectivity index (χ4n) is 1.62. The lowest BCUT2D eigenvalue weighted by molar-refractivity contribution is 1.33. The number of hydrogen-bond donors (Lipinski definition) is 0. The standard InChI is InChI=1S/C15H14N/c1-12-7-6-8-13(2)15(12)16-11-14-9-4-3-5-10-14/h3-5,7-11H,1-2H3/b16-11+. The Morgan fingerprint density at radius 1 is 1.00 bits per heavy atom. The summed E-state index contributed by atoms with van der Waals surface area (Å²) in [6.45, 7) is 4.11. The van der Waals surface area contributed by atoms with E-state index in [0.717, 1.165) is 22.4 Å². The second kappa shape index (κ2) is 4.75. The summed E-state index contributed by atoms with van der Waals surface area (Å²) in [5, 5.41) is 0. The highest BCUT2D eigenvalue weighted by Crippen LogP contribution is 2.22.